The Labute approximate surface area is 179 Å². The molecule has 0 spiro atoms. The van der Waals surface area contributed by atoms with Gasteiger partial charge in [0.15, 0.2) is 0 Å². The van der Waals surface area contributed by atoms with Crippen LogP contribution in [0.3, 0.4) is 0 Å². The molecule has 3 aromatic rings. The minimum Gasteiger partial charge on any atom is -0.399 e. The molecule has 0 bridgehead atoms. The summed E-state index contributed by atoms with van der Waals surface area (Å²) in [6.45, 7) is 3.97. The van der Waals surface area contributed by atoms with Gasteiger partial charge in [0, 0.05) is 48.5 Å². The summed E-state index contributed by atoms with van der Waals surface area (Å²) in [6.07, 6.45) is 0.610. The molecule has 1 saturated heterocycles. The minimum atomic E-state index is -0.0611. The predicted molar refractivity (Wildman–Crippen MR) is 120 cm³/mol. The van der Waals surface area contributed by atoms with Gasteiger partial charge in [-0.05, 0) is 49.4 Å². The van der Waals surface area contributed by atoms with E-state index < -0.39 is 0 Å². The maximum absolute atomic E-state index is 13.3. The molecule has 0 amide bonds. The lowest BCUT2D eigenvalue weighted by Crippen LogP contribution is -2.47. The summed E-state index contributed by atoms with van der Waals surface area (Å²) in [5.41, 5.74) is 8.04. The van der Waals surface area contributed by atoms with E-state index >= 15 is 0 Å². The normalized spacial score (nSPS) is 15.2. The summed E-state index contributed by atoms with van der Waals surface area (Å²) in [5, 5.41) is 1.77. The first-order chi connectivity index (χ1) is 13.9. The fraction of sp³-hybridized carbons (Fsp3) is 0.333. The van der Waals surface area contributed by atoms with Crippen LogP contribution in [0.2, 0.25) is 10.0 Å². The third-order valence-electron chi connectivity index (χ3n) is 5.37. The second-order valence-electron chi connectivity index (χ2n) is 7.42. The lowest BCUT2D eigenvalue weighted by molar-refractivity contribution is 0.309. The van der Waals surface area contributed by atoms with Crippen molar-refractivity contribution in [3.8, 4) is 0 Å². The zero-order chi connectivity index (χ0) is 20.5. The third-order valence-corrected chi connectivity index (χ3v) is 5.95. The van der Waals surface area contributed by atoms with Crippen molar-refractivity contribution in [2.75, 3.05) is 43.9 Å². The Morgan fingerprint density at radius 1 is 1.07 bits per heavy atom. The third kappa shape index (κ3) is 4.20. The largest absolute Gasteiger partial charge is 0.399 e. The smallest absolute Gasteiger partial charge is 0.262 e. The lowest BCUT2D eigenvalue weighted by Gasteiger charge is -2.34. The quantitative estimate of drug-likeness (QED) is 0.641. The Morgan fingerprint density at radius 2 is 1.83 bits per heavy atom. The fourth-order valence-electron chi connectivity index (χ4n) is 3.63. The van der Waals surface area contributed by atoms with Crippen LogP contribution in [-0.4, -0.2) is 47.7 Å². The molecule has 4 rings (SSSR count). The average molecular weight is 432 g/mol. The topological polar surface area (TPSA) is 67.4 Å². The van der Waals surface area contributed by atoms with Crippen LogP contribution in [-0.2, 0) is 13.0 Å². The second kappa shape index (κ2) is 8.22. The summed E-state index contributed by atoms with van der Waals surface area (Å²) in [5.74, 6) is 0.686. The Hall–Kier alpha value is -2.28. The number of nitrogen functional groups attached to an aromatic ring is 1. The van der Waals surface area contributed by atoms with E-state index in [1.165, 1.54) is 0 Å². The molecular weight excluding hydrogens is 409 g/mol. The number of anilines is 2. The van der Waals surface area contributed by atoms with Gasteiger partial charge in [0.2, 0.25) is 5.95 Å². The first-order valence-corrected chi connectivity index (χ1v) is 10.4. The Kier molecular flexibility index (Phi) is 5.67. The standard InChI is InChI=1S/C21H23Cl2N5O/c1-26-8-10-27(11-9-26)21-25-19-13-16(24)4-5-17(19)20(29)28(21)7-6-14-2-3-15(22)12-18(14)23/h2-5,12-13H,6-11,24H2,1H3. The van der Waals surface area contributed by atoms with Crippen molar-refractivity contribution in [3.63, 3.8) is 0 Å². The van der Waals surface area contributed by atoms with E-state index in [0.717, 1.165) is 31.7 Å². The summed E-state index contributed by atoms with van der Waals surface area (Å²) >= 11 is 12.3. The SMILES string of the molecule is CN1CCN(c2nc3cc(N)ccc3c(=O)n2CCc2ccc(Cl)cc2Cl)CC1. The van der Waals surface area contributed by atoms with Crippen LogP contribution in [0.1, 0.15) is 5.56 Å². The molecule has 2 aromatic carbocycles. The molecule has 1 fully saturated rings. The van der Waals surface area contributed by atoms with Crippen molar-refractivity contribution in [1.29, 1.82) is 0 Å². The van der Waals surface area contributed by atoms with Gasteiger partial charge in [-0.1, -0.05) is 29.3 Å². The van der Waals surface area contributed by atoms with E-state index in [1.54, 1.807) is 28.8 Å². The summed E-state index contributed by atoms with van der Waals surface area (Å²) < 4.78 is 1.76. The maximum Gasteiger partial charge on any atom is 0.262 e. The predicted octanol–water partition coefficient (Wildman–Crippen LogP) is 3.28. The van der Waals surface area contributed by atoms with Crippen LogP contribution < -0.4 is 16.2 Å². The molecule has 29 heavy (non-hydrogen) atoms. The van der Waals surface area contributed by atoms with Crippen molar-refractivity contribution in [3.05, 3.63) is 62.4 Å². The van der Waals surface area contributed by atoms with Crippen molar-refractivity contribution in [2.45, 2.75) is 13.0 Å². The first-order valence-electron chi connectivity index (χ1n) is 9.60. The molecule has 6 nitrogen and oxygen atoms in total. The van der Waals surface area contributed by atoms with Crippen LogP contribution >= 0.6 is 23.2 Å². The van der Waals surface area contributed by atoms with E-state index in [9.17, 15) is 4.79 Å². The maximum atomic E-state index is 13.3. The number of rotatable bonds is 4. The highest BCUT2D eigenvalue weighted by atomic mass is 35.5. The van der Waals surface area contributed by atoms with E-state index in [4.69, 9.17) is 33.9 Å². The monoisotopic (exact) mass is 431 g/mol. The van der Waals surface area contributed by atoms with Crippen molar-refractivity contribution < 1.29 is 0 Å². The number of benzene rings is 2. The van der Waals surface area contributed by atoms with Gasteiger partial charge in [-0.2, -0.15) is 0 Å². The molecule has 1 aliphatic rings. The van der Waals surface area contributed by atoms with Gasteiger partial charge in [0.05, 0.1) is 10.9 Å². The molecule has 0 atom stereocenters. The van der Waals surface area contributed by atoms with Crippen molar-refractivity contribution >= 4 is 45.7 Å². The summed E-state index contributed by atoms with van der Waals surface area (Å²) in [6, 6.07) is 10.7. The van der Waals surface area contributed by atoms with Gasteiger partial charge in [0.25, 0.3) is 5.56 Å². The number of hydrogen-bond acceptors (Lipinski definition) is 5. The average Bonchev–Trinajstić information content (AvgIpc) is 2.69. The van der Waals surface area contributed by atoms with E-state index in [-0.39, 0.29) is 5.56 Å². The number of nitrogens with zero attached hydrogens (tertiary/aromatic N) is 4. The summed E-state index contributed by atoms with van der Waals surface area (Å²) in [7, 11) is 2.10. The Morgan fingerprint density at radius 3 is 2.55 bits per heavy atom. The number of fused-ring (bicyclic) bond motifs is 1. The molecule has 0 unspecified atom stereocenters. The van der Waals surface area contributed by atoms with Gasteiger partial charge in [-0.25, -0.2) is 4.98 Å². The number of aromatic nitrogens is 2. The molecule has 2 N–H and O–H groups in total. The number of aryl methyl sites for hydroxylation is 1. The van der Waals surface area contributed by atoms with E-state index in [2.05, 4.69) is 16.8 Å². The molecule has 2 heterocycles. The number of nitrogens with two attached hydrogens (primary N) is 1. The molecular formula is C21H23Cl2N5O. The number of halogens is 2. The molecule has 1 aromatic heterocycles. The zero-order valence-corrected chi connectivity index (χ0v) is 17.7. The highest BCUT2D eigenvalue weighted by Gasteiger charge is 2.21. The number of hydrogen-bond donors (Lipinski definition) is 1. The highest BCUT2D eigenvalue weighted by Crippen LogP contribution is 2.23. The number of likely N-dealkylation sites (N-methyl/N-ethyl adjacent to an activating group) is 1. The van der Waals surface area contributed by atoms with E-state index in [1.807, 2.05) is 12.1 Å². The molecule has 152 valence electrons. The molecule has 1 aliphatic heterocycles. The Balaban J connectivity index is 1.75. The van der Waals surface area contributed by atoms with Crippen LogP contribution in [0.5, 0.6) is 0 Å². The zero-order valence-electron chi connectivity index (χ0n) is 16.2. The second-order valence-corrected chi connectivity index (χ2v) is 8.26. The van der Waals surface area contributed by atoms with Crippen LogP contribution in [0, 0.1) is 0 Å². The lowest BCUT2D eigenvalue weighted by atomic mass is 10.1. The summed E-state index contributed by atoms with van der Waals surface area (Å²) in [4.78, 5) is 22.6. The minimum absolute atomic E-state index is 0.0611. The van der Waals surface area contributed by atoms with Crippen molar-refractivity contribution in [1.82, 2.24) is 14.5 Å². The van der Waals surface area contributed by atoms with Gasteiger partial charge >= 0.3 is 0 Å². The fourth-order valence-corrected chi connectivity index (χ4v) is 4.14. The van der Waals surface area contributed by atoms with Gasteiger partial charge < -0.3 is 15.5 Å². The van der Waals surface area contributed by atoms with Gasteiger partial charge in [0.1, 0.15) is 0 Å². The van der Waals surface area contributed by atoms with Gasteiger partial charge in [-0.3, -0.25) is 9.36 Å². The first kappa shape index (κ1) is 20.0. The molecule has 0 aliphatic carbocycles. The van der Waals surface area contributed by atoms with Gasteiger partial charge in [-0.15, -0.1) is 0 Å². The van der Waals surface area contributed by atoms with Crippen LogP contribution in [0.15, 0.2) is 41.2 Å². The van der Waals surface area contributed by atoms with Crippen LogP contribution in [0.25, 0.3) is 10.9 Å². The highest BCUT2D eigenvalue weighted by molar-refractivity contribution is 6.35. The molecule has 8 heteroatoms. The Bertz CT molecular complexity index is 1110. The van der Waals surface area contributed by atoms with E-state index in [0.29, 0.717) is 45.5 Å². The van der Waals surface area contributed by atoms with Crippen LogP contribution in [0.4, 0.5) is 11.6 Å². The number of piperazine rings is 1. The molecule has 0 saturated carbocycles. The van der Waals surface area contributed by atoms with Crippen molar-refractivity contribution in [2.24, 2.45) is 0 Å². The molecule has 0 radical (unpaired) electrons.